The lowest BCUT2D eigenvalue weighted by atomic mass is 10.1. The van der Waals surface area contributed by atoms with E-state index in [-0.39, 0.29) is 12.2 Å². The molecule has 0 aliphatic rings. The van der Waals surface area contributed by atoms with Crippen molar-refractivity contribution in [3.63, 3.8) is 0 Å². The molecule has 1 rings (SSSR count). The van der Waals surface area contributed by atoms with Crippen molar-refractivity contribution in [1.82, 2.24) is 5.32 Å². The fourth-order valence-electron chi connectivity index (χ4n) is 1.41. The monoisotopic (exact) mass is 312 g/mol. The third kappa shape index (κ3) is 4.94. The van der Waals surface area contributed by atoms with Crippen LogP contribution >= 0.6 is 0 Å². The van der Waals surface area contributed by atoms with E-state index >= 15 is 0 Å². The molecule has 0 atom stereocenters. The Morgan fingerprint density at radius 3 is 2.36 bits per heavy atom. The first-order chi connectivity index (χ1) is 10.3. The van der Waals surface area contributed by atoms with E-state index in [1.54, 1.807) is 6.07 Å². The molecule has 0 radical (unpaired) electrons. The van der Waals surface area contributed by atoms with Gasteiger partial charge in [-0.1, -0.05) is 12.1 Å². The molecule has 0 saturated heterocycles. The van der Waals surface area contributed by atoms with Crippen LogP contribution in [0.1, 0.15) is 18.1 Å². The number of alkyl halides is 3. The highest BCUT2D eigenvalue weighted by atomic mass is 19.4. The number of benzene rings is 1. The van der Waals surface area contributed by atoms with Crippen molar-refractivity contribution >= 4 is 18.1 Å². The molecule has 1 N–H and O–H groups in total. The summed E-state index contributed by atoms with van der Waals surface area (Å²) in [4.78, 5) is 22.7. The van der Waals surface area contributed by atoms with Crippen LogP contribution in [0.5, 0.6) is 0 Å². The Bertz CT molecular complexity index is 628. The summed E-state index contributed by atoms with van der Waals surface area (Å²) < 4.78 is 41.7. The highest BCUT2D eigenvalue weighted by Crippen LogP contribution is 2.29. The lowest BCUT2D eigenvalue weighted by Crippen LogP contribution is -2.31. The van der Waals surface area contributed by atoms with E-state index in [0.29, 0.717) is 0 Å². The van der Waals surface area contributed by atoms with Crippen molar-refractivity contribution in [1.29, 1.82) is 5.26 Å². The Kier molecular flexibility index (Phi) is 5.69. The molecule has 1 aromatic rings. The van der Waals surface area contributed by atoms with E-state index in [9.17, 15) is 22.8 Å². The number of carbonyl (C=O) groups is 2. The number of alkyl carbamates (subject to hydrolysis) is 1. The van der Waals surface area contributed by atoms with Gasteiger partial charge in [-0.2, -0.15) is 18.4 Å². The predicted octanol–water partition coefficient (Wildman–Crippen LogP) is 2.89. The molecule has 0 unspecified atom stereocenters. The summed E-state index contributed by atoms with van der Waals surface area (Å²) in [5, 5.41) is 10.7. The molecule has 0 aromatic heterocycles. The van der Waals surface area contributed by atoms with Crippen molar-refractivity contribution in [2.75, 3.05) is 6.61 Å². The number of imide groups is 1. The Labute approximate surface area is 124 Å². The number of ether oxygens (including phenoxy) is 1. The molecule has 2 amide bonds. The molecule has 0 aliphatic heterocycles. The SMILES string of the molecule is CCOC(=O)NC(=O)/C(C#N)=C\c1ccc(C(F)(F)F)cc1. The molecule has 22 heavy (non-hydrogen) atoms. The molecule has 1 aromatic carbocycles. The van der Waals surface area contributed by atoms with Gasteiger partial charge in [0.2, 0.25) is 0 Å². The normalized spacial score (nSPS) is 11.5. The zero-order valence-corrected chi connectivity index (χ0v) is 11.4. The van der Waals surface area contributed by atoms with Crippen molar-refractivity contribution in [2.45, 2.75) is 13.1 Å². The average molecular weight is 312 g/mol. The maximum atomic E-state index is 12.4. The van der Waals surface area contributed by atoms with Gasteiger partial charge in [-0.3, -0.25) is 10.1 Å². The van der Waals surface area contributed by atoms with Crippen LogP contribution in [0.25, 0.3) is 6.08 Å². The topological polar surface area (TPSA) is 79.2 Å². The maximum Gasteiger partial charge on any atom is 0.416 e. The van der Waals surface area contributed by atoms with Gasteiger partial charge in [0.25, 0.3) is 5.91 Å². The maximum absolute atomic E-state index is 12.4. The summed E-state index contributed by atoms with van der Waals surface area (Å²) in [6, 6.07) is 5.43. The summed E-state index contributed by atoms with van der Waals surface area (Å²) in [6.45, 7) is 1.58. The standard InChI is InChI=1S/C14H11F3N2O3/c1-2-22-13(21)19-12(20)10(8-18)7-9-3-5-11(6-4-9)14(15,16)17/h3-7H,2H2,1H3,(H,19,20,21)/b10-7-. The number of amides is 2. The lowest BCUT2D eigenvalue weighted by molar-refractivity contribution is -0.137. The van der Waals surface area contributed by atoms with Crippen molar-refractivity contribution in [2.24, 2.45) is 0 Å². The minimum atomic E-state index is -4.47. The number of rotatable bonds is 3. The summed E-state index contributed by atoms with van der Waals surface area (Å²) in [5.41, 5.74) is -1.07. The van der Waals surface area contributed by atoms with E-state index in [0.717, 1.165) is 30.3 Å². The van der Waals surface area contributed by atoms with Gasteiger partial charge < -0.3 is 4.74 Å². The molecule has 116 valence electrons. The van der Waals surface area contributed by atoms with Crippen LogP contribution in [-0.2, 0) is 15.7 Å². The van der Waals surface area contributed by atoms with Crippen LogP contribution in [0.2, 0.25) is 0 Å². The second-order valence-corrected chi connectivity index (χ2v) is 3.96. The second kappa shape index (κ2) is 7.26. The van der Waals surface area contributed by atoms with Crippen molar-refractivity contribution < 1.29 is 27.5 Å². The number of nitrogens with zero attached hydrogens (tertiary/aromatic N) is 1. The minimum Gasteiger partial charge on any atom is -0.450 e. The van der Waals surface area contributed by atoms with E-state index in [1.165, 1.54) is 6.92 Å². The minimum absolute atomic E-state index is 0.0453. The van der Waals surface area contributed by atoms with Gasteiger partial charge in [-0.25, -0.2) is 4.79 Å². The Morgan fingerprint density at radius 2 is 1.91 bits per heavy atom. The Hall–Kier alpha value is -2.82. The molecule has 0 heterocycles. The molecule has 0 spiro atoms. The lowest BCUT2D eigenvalue weighted by Gasteiger charge is -2.06. The molecule has 0 saturated carbocycles. The van der Waals surface area contributed by atoms with Gasteiger partial charge in [0.15, 0.2) is 0 Å². The van der Waals surface area contributed by atoms with E-state index in [4.69, 9.17) is 5.26 Å². The quantitative estimate of drug-likeness (QED) is 0.687. The molecule has 5 nitrogen and oxygen atoms in total. The average Bonchev–Trinajstić information content (AvgIpc) is 2.44. The van der Waals surface area contributed by atoms with E-state index in [2.05, 4.69) is 4.74 Å². The van der Waals surface area contributed by atoms with Gasteiger partial charge in [-0.05, 0) is 30.7 Å². The van der Waals surface area contributed by atoms with Gasteiger partial charge in [0, 0.05) is 0 Å². The highest BCUT2D eigenvalue weighted by molar-refractivity contribution is 6.07. The molecule has 0 bridgehead atoms. The Morgan fingerprint density at radius 1 is 1.32 bits per heavy atom. The number of carbonyl (C=O) groups excluding carboxylic acids is 2. The van der Waals surface area contributed by atoms with Crippen LogP contribution in [-0.4, -0.2) is 18.6 Å². The first kappa shape index (κ1) is 17.2. The summed E-state index contributed by atoms with van der Waals surface area (Å²) in [7, 11) is 0. The summed E-state index contributed by atoms with van der Waals surface area (Å²) in [6.07, 6.45) is -4.42. The van der Waals surface area contributed by atoms with Crippen LogP contribution in [0.15, 0.2) is 29.8 Å². The van der Waals surface area contributed by atoms with Crippen LogP contribution in [0, 0.1) is 11.3 Å². The first-order valence-electron chi connectivity index (χ1n) is 6.05. The highest BCUT2D eigenvalue weighted by Gasteiger charge is 2.29. The van der Waals surface area contributed by atoms with E-state index < -0.39 is 29.3 Å². The largest absolute Gasteiger partial charge is 0.450 e. The fourth-order valence-corrected chi connectivity index (χ4v) is 1.41. The smallest absolute Gasteiger partial charge is 0.416 e. The van der Waals surface area contributed by atoms with Crippen LogP contribution < -0.4 is 5.32 Å². The second-order valence-electron chi connectivity index (χ2n) is 3.96. The van der Waals surface area contributed by atoms with Gasteiger partial charge in [0.1, 0.15) is 11.6 Å². The van der Waals surface area contributed by atoms with Gasteiger partial charge in [0.05, 0.1) is 12.2 Å². The Balaban J connectivity index is 2.91. The summed E-state index contributed by atoms with van der Waals surface area (Å²) in [5.74, 6) is -0.999. The van der Waals surface area contributed by atoms with Crippen molar-refractivity contribution in [3.05, 3.63) is 41.0 Å². The fraction of sp³-hybridized carbons (Fsp3) is 0.214. The van der Waals surface area contributed by atoms with Crippen molar-refractivity contribution in [3.8, 4) is 6.07 Å². The van der Waals surface area contributed by atoms with Crippen LogP contribution in [0.4, 0.5) is 18.0 Å². The first-order valence-corrected chi connectivity index (χ1v) is 6.05. The molecular formula is C14H11F3N2O3. The van der Waals surface area contributed by atoms with Crippen LogP contribution in [0.3, 0.4) is 0 Å². The number of nitrogens with one attached hydrogen (secondary N) is 1. The summed E-state index contributed by atoms with van der Waals surface area (Å²) >= 11 is 0. The molecule has 0 aliphatic carbocycles. The number of nitriles is 1. The number of halogens is 3. The molecule has 0 fully saturated rings. The van der Waals surface area contributed by atoms with Gasteiger partial charge in [-0.15, -0.1) is 0 Å². The predicted molar refractivity (Wildman–Crippen MR) is 70.2 cm³/mol. The van der Waals surface area contributed by atoms with E-state index in [1.807, 2.05) is 5.32 Å². The zero-order valence-electron chi connectivity index (χ0n) is 11.4. The third-order valence-corrected chi connectivity index (χ3v) is 2.41. The molecule has 8 heteroatoms. The number of hydrogen-bond donors (Lipinski definition) is 1. The third-order valence-electron chi connectivity index (χ3n) is 2.41. The number of hydrogen-bond acceptors (Lipinski definition) is 4. The molecular weight excluding hydrogens is 301 g/mol. The van der Waals surface area contributed by atoms with Gasteiger partial charge >= 0.3 is 12.3 Å². The zero-order chi connectivity index (χ0) is 16.8.